The van der Waals surface area contributed by atoms with Crippen LogP contribution in [0.15, 0.2) is 65.1 Å². The molecule has 0 bridgehead atoms. The van der Waals surface area contributed by atoms with E-state index in [4.69, 9.17) is 0 Å². The van der Waals surface area contributed by atoms with Crippen molar-refractivity contribution >= 4 is 38.3 Å². The van der Waals surface area contributed by atoms with E-state index in [0.717, 1.165) is 27.4 Å². The Bertz CT molecular complexity index is 922. The molecule has 1 amide bonds. The van der Waals surface area contributed by atoms with Crippen LogP contribution in [-0.4, -0.2) is 5.91 Å². The Morgan fingerprint density at radius 2 is 1.67 bits per heavy atom. The molecule has 0 saturated heterocycles. The molecule has 0 spiro atoms. The molecule has 1 N–H and O–H groups in total. The Morgan fingerprint density at radius 3 is 2.42 bits per heavy atom. The van der Waals surface area contributed by atoms with Crippen LogP contribution in [-0.2, 0) is 6.18 Å². The quantitative estimate of drug-likeness (QED) is 0.579. The molecule has 0 aliphatic rings. The zero-order valence-corrected chi connectivity index (χ0v) is 13.8. The molecule has 6 heteroatoms. The first-order valence-corrected chi connectivity index (χ1v) is 7.80. The van der Waals surface area contributed by atoms with Gasteiger partial charge in [-0.25, -0.2) is 0 Å². The van der Waals surface area contributed by atoms with Crippen molar-refractivity contribution in [1.29, 1.82) is 0 Å². The normalized spacial score (nSPS) is 11.5. The Kier molecular flexibility index (Phi) is 4.32. The standard InChI is InChI=1S/C18H11BrF3NO/c19-15-6-4-11-5-7-16(10-13(11)9-15)23-17(24)12-2-1-3-14(8-12)18(20,21)22/h1-10H,(H,23,24). The number of hydrogen-bond acceptors (Lipinski definition) is 1. The maximum absolute atomic E-state index is 12.7. The van der Waals surface area contributed by atoms with Gasteiger partial charge in [0.15, 0.2) is 0 Å². The molecule has 0 fully saturated rings. The fourth-order valence-corrected chi connectivity index (χ4v) is 2.71. The largest absolute Gasteiger partial charge is 0.416 e. The number of benzene rings is 3. The van der Waals surface area contributed by atoms with Gasteiger partial charge in [0.1, 0.15) is 0 Å². The van der Waals surface area contributed by atoms with Gasteiger partial charge in [-0.1, -0.05) is 34.1 Å². The molecule has 0 aliphatic carbocycles. The lowest BCUT2D eigenvalue weighted by Gasteiger charge is -2.10. The number of carbonyl (C=O) groups is 1. The minimum atomic E-state index is -4.48. The van der Waals surface area contributed by atoms with Crippen molar-refractivity contribution in [2.45, 2.75) is 6.18 Å². The fourth-order valence-electron chi connectivity index (χ4n) is 2.34. The number of fused-ring (bicyclic) bond motifs is 1. The second kappa shape index (κ2) is 6.28. The van der Waals surface area contributed by atoms with Gasteiger partial charge in [0.2, 0.25) is 0 Å². The zero-order valence-electron chi connectivity index (χ0n) is 12.2. The lowest BCUT2D eigenvalue weighted by atomic mass is 10.1. The van der Waals surface area contributed by atoms with E-state index in [0.29, 0.717) is 5.69 Å². The third-order valence-electron chi connectivity index (χ3n) is 3.51. The van der Waals surface area contributed by atoms with E-state index < -0.39 is 17.6 Å². The predicted molar refractivity (Wildman–Crippen MR) is 91.0 cm³/mol. The summed E-state index contributed by atoms with van der Waals surface area (Å²) < 4.78 is 39.1. The minimum absolute atomic E-state index is 0.0424. The van der Waals surface area contributed by atoms with Gasteiger partial charge in [0.25, 0.3) is 5.91 Å². The SMILES string of the molecule is O=C(Nc1ccc2ccc(Br)cc2c1)c1cccc(C(F)(F)F)c1. The Hall–Kier alpha value is -2.34. The van der Waals surface area contributed by atoms with Crippen molar-refractivity contribution in [3.05, 3.63) is 76.3 Å². The van der Waals surface area contributed by atoms with E-state index in [9.17, 15) is 18.0 Å². The average Bonchev–Trinajstić information content (AvgIpc) is 2.54. The van der Waals surface area contributed by atoms with Gasteiger partial charge < -0.3 is 5.32 Å². The molecule has 2 nitrogen and oxygen atoms in total. The smallest absolute Gasteiger partial charge is 0.322 e. The van der Waals surface area contributed by atoms with Crippen LogP contribution in [0.3, 0.4) is 0 Å². The van der Waals surface area contributed by atoms with Gasteiger partial charge in [0.05, 0.1) is 5.56 Å². The monoisotopic (exact) mass is 393 g/mol. The van der Waals surface area contributed by atoms with E-state index in [2.05, 4.69) is 21.2 Å². The summed E-state index contributed by atoms with van der Waals surface area (Å²) in [4.78, 5) is 12.2. The summed E-state index contributed by atoms with van der Waals surface area (Å²) >= 11 is 3.38. The van der Waals surface area contributed by atoms with Crippen molar-refractivity contribution in [1.82, 2.24) is 0 Å². The maximum Gasteiger partial charge on any atom is 0.416 e. The number of carbonyl (C=O) groups excluding carboxylic acids is 1. The molecular weight excluding hydrogens is 383 g/mol. The summed E-state index contributed by atoms with van der Waals surface area (Å²) in [5.74, 6) is -0.588. The first kappa shape index (κ1) is 16.5. The summed E-state index contributed by atoms with van der Waals surface area (Å²) in [6.07, 6.45) is -4.48. The van der Waals surface area contributed by atoms with Crippen LogP contribution >= 0.6 is 15.9 Å². The lowest BCUT2D eigenvalue weighted by molar-refractivity contribution is -0.137. The van der Waals surface area contributed by atoms with Crippen LogP contribution in [0.1, 0.15) is 15.9 Å². The number of alkyl halides is 3. The Balaban J connectivity index is 1.87. The van der Waals surface area contributed by atoms with E-state index >= 15 is 0 Å². The number of hydrogen-bond donors (Lipinski definition) is 1. The Labute approximate surface area is 144 Å². The highest BCUT2D eigenvalue weighted by molar-refractivity contribution is 9.10. The van der Waals surface area contributed by atoms with Crippen LogP contribution in [0.2, 0.25) is 0 Å². The molecule has 3 aromatic carbocycles. The topological polar surface area (TPSA) is 29.1 Å². The lowest BCUT2D eigenvalue weighted by Crippen LogP contribution is -2.13. The van der Waals surface area contributed by atoms with Gasteiger partial charge in [-0.15, -0.1) is 0 Å². The van der Waals surface area contributed by atoms with Gasteiger partial charge in [-0.3, -0.25) is 4.79 Å². The molecule has 24 heavy (non-hydrogen) atoms. The van der Waals surface area contributed by atoms with E-state index in [1.807, 2.05) is 24.3 Å². The van der Waals surface area contributed by atoms with Crippen molar-refractivity contribution < 1.29 is 18.0 Å². The molecule has 0 aromatic heterocycles. The summed E-state index contributed by atoms with van der Waals surface area (Å²) in [6.45, 7) is 0. The van der Waals surface area contributed by atoms with E-state index in [-0.39, 0.29) is 5.56 Å². The first-order valence-electron chi connectivity index (χ1n) is 7.01. The highest BCUT2D eigenvalue weighted by Gasteiger charge is 2.30. The summed E-state index contributed by atoms with van der Waals surface area (Å²) in [5.41, 5.74) is -0.375. The molecule has 0 saturated carbocycles. The molecular formula is C18H11BrF3NO. The molecule has 0 aliphatic heterocycles. The second-order valence-electron chi connectivity index (χ2n) is 5.24. The maximum atomic E-state index is 12.7. The molecule has 0 heterocycles. The molecule has 122 valence electrons. The van der Waals surface area contributed by atoms with Crippen LogP contribution in [0.4, 0.5) is 18.9 Å². The minimum Gasteiger partial charge on any atom is -0.322 e. The Morgan fingerprint density at radius 1 is 0.917 bits per heavy atom. The molecule has 3 rings (SSSR count). The van der Waals surface area contributed by atoms with Crippen LogP contribution < -0.4 is 5.32 Å². The molecule has 0 atom stereocenters. The van der Waals surface area contributed by atoms with Crippen molar-refractivity contribution in [3.8, 4) is 0 Å². The molecule has 0 unspecified atom stereocenters. The van der Waals surface area contributed by atoms with Crippen molar-refractivity contribution in [2.24, 2.45) is 0 Å². The van der Waals surface area contributed by atoms with Crippen LogP contribution in [0.25, 0.3) is 10.8 Å². The van der Waals surface area contributed by atoms with Crippen molar-refractivity contribution in [3.63, 3.8) is 0 Å². The summed E-state index contributed by atoms with van der Waals surface area (Å²) in [6, 6.07) is 15.4. The van der Waals surface area contributed by atoms with E-state index in [1.54, 1.807) is 12.1 Å². The van der Waals surface area contributed by atoms with Crippen molar-refractivity contribution in [2.75, 3.05) is 5.32 Å². The number of nitrogens with one attached hydrogen (secondary N) is 1. The van der Waals surface area contributed by atoms with E-state index in [1.165, 1.54) is 12.1 Å². The van der Waals surface area contributed by atoms with Crippen LogP contribution in [0, 0.1) is 0 Å². The third kappa shape index (κ3) is 3.59. The summed E-state index contributed by atoms with van der Waals surface area (Å²) in [5, 5.41) is 4.53. The first-order chi connectivity index (χ1) is 11.3. The van der Waals surface area contributed by atoms with Gasteiger partial charge >= 0.3 is 6.18 Å². The molecule has 0 radical (unpaired) electrons. The second-order valence-corrected chi connectivity index (χ2v) is 6.15. The number of halogens is 4. The highest BCUT2D eigenvalue weighted by Crippen LogP contribution is 2.30. The number of rotatable bonds is 2. The van der Waals surface area contributed by atoms with Gasteiger partial charge in [0, 0.05) is 15.7 Å². The number of amides is 1. The van der Waals surface area contributed by atoms with Gasteiger partial charge in [-0.05, 0) is 53.2 Å². The third-order valence-corrected chi connectivity index (χ3v) is 4.01. The van der Waals surface area contributed by atoms with Gasteiger partial charge in [-0.2, -0.15) is 13.2 Å². The van der Waals surface area contributed by atoms with Crippen LogP contribution in [0.5, 0.6) is 0 Å². The number of anilines is 1. The fraction of sp³-hybridized carbons (Fsp3) is 0.0556. The molecule has 3 aromatic rings. The summed E-state index contributed by atoms with van der Waals surface area (Å²) in [7, 11) is 0. The average molecular weight is 394 g/mol. The predicted octanol–water partition coefficient (Wildman–Crippen LogP) is 5.87. The zero-order chi connectivity index (χ0) is 17.3. The highest BCUT2D eigenvalue weighted by atomic mass is 79.9.